The highest BCUT2D eigenvalue weighted by Gasteiger charge is 2.16. The van der Waals surface area contributed by atoms with Crippen LogP contribution in [0.4, 0.5) is 8.78 Å². The minimum atomic E-state index is -2.62. The van der Waals surface area contributed by atoms with Crippen LogP contribution < -0.4 is 0 Å². The van der Waals surface area contributed by atoms with E-state index in [0.29, 0.717) is 9.26 Å². The van der Waals surface area contributed by atoms with Gasteiger partial charge in [-0.1, -0.05) is 0 Å². The molecule has 0 aliphatic heterocycles. The number of halogens is 4. The molecule has 0 saturated heterocycles. The van der Waals surface area contributed by atoms with E-state index in [1.165, 1.54) is 6.07 Å². The fourth-order valence-electron chi connectivity index (χ4n) is 0.993. The Balaban J connectivity index is 3.24. The topological polar surface area (TPSA) is 33.1 Å². The molecule has 78 valence electrons. The van der Waals surface area contributed by atoms with Crippen LogP contribution in [-0.4, -0.2) is 10.1 Å². The molecule has 6 heteroatoms. The highest BCUT2D eigenvalue weighted by Crippen LogP contribution is 2.25. The molecule has 0 fully saturated rings. The molecule has 1 rings (SSSR count). The van der Waals surface area contributed by atoms with Gasteiger partial charge in [-0.05, 0) is 28.7 Å². The number of pyridine rings is 1. The van der Waals surface area contributed by atoms with Crippen molar-refractivity contribution in [3.8, 4) is 0 Å². The number of hydrogen-bond acceptors (Lipinski definition) is 2. The first-order chi connectivity index (χ1) is 6.60. The molecule has 0 bridgehead atoms. The Labute approximate surface area is 98.4 Å². The maximum atomic E-state index is 12.4. The summed E-state index contributed by atoms with van der Waals surface area (Å²) in [6, 6.07) is 1.31. The van der Waals surface area contributed by atoms with Crippen LogP contribution in [0.1, 0.15) is 23.4 Å². The minimum Gasteiger partial charge on any atom is -0.390 e. The van der Waals surface area contributed by atoms with Crippen LogP contribution in [0.25, 0.3) is 0 Å². The summed E-state index contributed by atoms with van der Waals surface area (Å²) in [6.45, 7) is -0.500. The van der Waals surface area contributed by atoms with Gasteiger partial charge >= 0.3 is 0 Å². The first-order valence-corrected chi connectivity index (χ1v) is 5.34. The fraction of sp³-hybridized carbons (Fsp3) is 0.375. The summed E-state index contributed by atoms with van der Waals surface area (Å²) in [6.07, 6.45) is -2.62. The van der Waals surface area contributed by atoms with Gasteiger partial charge in [-0.25, -0.2) is 8.78 Å². The zero-order chi connectivity index (χ0) is 10.7. The molecule has 1 heterocycles. The van der Waals surface area contributed by atoms with E-state index < -0.39 is 13.0 Å². The Hall–Kier alpha value is -0.0100. The Morgan fingerprint density at radius 2 is 2.14 bits per heavy atom. The Morgan fingerprint density at radius 3 is 2.57 bits per heavy atom. The van der Waals surface area contributed by atoms with Crippen molar-refractivity contribution in [2.75, 3.05) is 0 Å². The normalized spacial score (nSPS) is 11.0. The van der Waals surface area contributed by atoms with Crippen molar-refractivity contribution in [1.82, 2.24) is 4.98 Å². The van der Waals surface area contributed by atoms with Crippen molar-refractivity contribution >= 4 is 34.2 Å². The highest BCUT2D eigenvalue weighted by molar-refractivity contribution is 14.1. The number of aromatic nitrogens is 1. The maximum absolute atomic E-state index is 12.4. The second-order valence-corrected chi connectivity index (χ2v) is 3.97. The van der Waals surface area contributed by atoms with Crippen LogP contribution in [0.2, 0.25) is 0 Å². The summed E-state index contributed by atoms with van der Waals surface area (Å²) in [7, 11) is 0. The van der Waals surface area contributed by atoms with E-state index in [1.807, 2.05) is 22.6 Å². The molecule has 0 amide bonds. The lowest BCUT2D eigenvalue weighted by Gasteiger charge is -2.08. The van der Waals surface area contributed by atoms with Crippen molar-refractivity contribution in [2.24, 2.45) is 0 Å². The van der Waals surface area contributed by atoms with Gasteiger partial charge in [0.05, 0.1) is 23.9 Å². The average molecular weight is 334 g/mol. The van der Waals surface area contributed by atoms with Crippen LogP contribution in [0.3, 0.4) is 0 Å². The van der Waals surface area contributed by atoms with Crippen LogP contribution in [0.5, 0.6) is 0 Å². The minimum absolute atomic E-state index is 0.00364. The third-order valence-corrected chi connectivity index (χ3v) is 2.86. The largest absolute Gasteiger partial charge is 0.390 e. The molecule has 1 aromatic heterocycles. The second-order valence-electron chi connectivity index (χ2n) is 2.55. The first kappa shape index (κ1) is 12.1. The van der Waals surface area contributed by atoms with E-state index >= 15 is 0 Å². The van der Waals surface area contributed by atoms with Crippen molar-refractivity contribution in [1.29, 1.82) is 0 Å². The summed E-state index contributed by atoms with van der Waals surface area (Å²) >= 11 is 7.45. The molecule has 14 heavy (non-hydrogen) atoms. The lowest BCUT2D eigenvalue weighted by molar-refractivity contribution is 0.146. The zero-order valence-corrected chi connectivity index (χ0v) is 9.89. The van der Waals surface area contributed by atoms with E-state index in [2.05, 4.69) is 4.98 Å². The molecule has 0 radical (unpaired) electrons. The lowest BCUT2D eigenvalue weighted by atomic mass is 10.2. The summed E-state index contributed by atoms with van der Waals surface area (Å²) in [5, 5.41) is 8.84. The Morgan fingerprint density at radius 1 is 1.50 bits per heavy atom. The van der Waals surface area contributed by atoms with E-state index in [4.69, 9.17) is 16.7 Å². The molecular weight excluding hydrogens is 326 g/mol. The monoisotopic (exact) mass is 333 g/mol. The molecule has 2 nitrogen and oxygen atoms in total. The van der Waals surface area contributed by atoms with E-state index in [1.54, 1.807) is 0 Å². The number of hydrogen-bond donors (Lipinski definition) is 1. The second kappa shape index (κ2) is 5.18. The van der Waals surface area contributed by atoms with Gasteiger partial charge in [0.15, 0.2) is 0 Å². The van der Waals surface area contributed by atoms with Gasteiger partial charge in [0.25, 0.3) is 6.43 Å². The van der Waals surface area contributed by atoms with Gasteiger partial charge in [-0.2, -0.15) is 0 Å². The SMILES string of the molecule is OCc1nc(CCl)c(I)cc1C(F)F. The van der Waals surface area contributed by atoms with Crippen molar-refractivity contribution in [3.63, 3.8) is 0 Å². The van der Waals surface area contributed by atoms with Gasteiger partial charge < -0.3 is 5.11 Å². The molecular formula is C8H7ClF2INO. The predicted octanol–water partition coefficient (Wildman–Crippen LogP) is 2.85. The highest BCUT2D eigenvalue weighted by atomic mass is 127. The molecule has 0 spiro atoms. The fourth-order valence-corrected chi connectivity index (χ4v) is 2.07. The summed E-state index contributed by atoms with van der Waals surface area (Å²) < 4.78 is 25.5. The van der Waals surface area contributed by atoms with E-state index in [-0.39, 0.29) is 17.1 Å². The van der Waals surface area contributed by atoms with Gasteiger partial charge in [-0.15, -0.1) is 11.6 Å². The lowest BCUT2D eigenvalue weighted by Crippen LogP contribution is -2.03. The number of aliphatic hydroxyl groups excluding tert-OH is 1. The predicted molar refractivity (Wildman–Crippen MR) is 57.4 cm³/mol. The third-order valence-electron chi connectivity index (χ3n) is 1.67. The number of nitrogens with zero attached hydrogens (tertiary/aromatic N) is 1. The number of alkyl halides is 3. The molecule has 1 N–H and O–H groups in total. The Kier molecular flexibility index (Phi) is 4.46. The van der Waals surface area contributed by atoms with Crippen molar-refractivity contribution in [2.45, 2.75) is 18.9 Å². The number of aliphatic hydroxyl groups is 1. The van der Waals surface area contributed by atoms with Gasteiger partial charge in [0, 0.05) is 9.13 Å². The van der Waals surface area contributed by atoms with Crippen LogP contribution in [0.15, 0.2) is 6.07 Å². The third kappa shape index (κ3) is 2.52. The molecule has 0 saturated carbocycles. The van der Waals surface area contributed by atoms with Crippen LogP contribution >= 0.6 is 34.2 Å². The summed E-state index contributed by atoms with van der Waals surface area (Å²) in [5.74, 6) is 0.148. The van der Waals surface area contributed by atoms with Crippen molar-refractivity contribution in [3.05, 3.63) is 26.6 Å². The average Bonchev–Trinajstić information content (AvgIpc) is 2.17. The van der Waals surface area contributed by atoms with Crippen molar-refractivity contribution < 1.29 is 13.9 Å². The zero-order valence-electron chi connectivity index (χ0n) is 6.98. The quantitative estimate of drug-likeness (QED) is 0.681. The number of rotatable bonds is 3. The smallest absolute Gasteiger partial charge is 0.265 e. The van der Waals surface area contributed by atoms with Gasteiger partial charge in [0.1, 0.15) is 0 Å². The molecule has 0 aliphatic rings. The van der Waals surface area contributed by atoms with Crippen LogP contribution in [-0.2, 0) is 12.5 Å². The van der Waals surface area contributed by atoms with E-state index in [9.17, 15) is 8.78 Å². The summed E-state index contributed by atoms with van der Waals surface area (Å²) in [4.78, 5) is 3.86. The van der Waals surface area contributed by atoms with E-state index in [0.717, 1.165) is 0 Å². The molecule has 0 aromatic carbocycles. The molecule has 0 unspecified atom stereocenters. The standard InChI is InChI=1S/C8H7ClF2INO/c9-2-6-5(12)1-4(8(10)11)7(3-14)13-6/h1,8,14H,2-3H2. The van der Waals surface area contributed by atoms with Crippen LogP contribution in [0, 0.1) is 3.57 Å². The molecule has 0 atom stereocenters. The van der Waals surface area contributed by atoms with Gasteiger partial charge in [-0.3, -0.25) is 4.98 Å². The molecule has 1 aromatic rings. The maximum Gasteiger partial charge on any atom is 0.265 e. The molecule has 0 aliphatic carbocycles. The van der Waals surface area contributed by atoms with Gasteiger partial charge in [0.2, 0.25) is 0 Å². The summed E-state index contributed by atoms with van der Waals surface area (Å²) in [5.41, 5.74) is 0.280. The first-order valence-electron chi connectivity index (χ1n) is 3.73. The Bertz CT molecular complexity index is 335.